The van der Waals surface area contributed by atoms with Crippen LogP contribution in [0.15, 0.2) is 0 Å². The van der Waals surface area contributed by atoms with Crippen molar-refractivity contribution in [3.05, 3.63) is 9.88 Å². The Labute approximate surface area is 103 Å². The molecule has 15 heavy (non-hydrogen) atoms. The van der Waals surface area contributed by atoms with Crippen LogP contribution < -0.4 is 5.73 Å². The first kappa shape index (κ1) is 11.6. The summed E-state index contributed by atoms with van der Waals surface area (Å²) in [5.41, 5.74) is 5.79. The van der Waals surface area contributed by atoms with Crippen molar-refractivity contribution in [3.63, 3.8) is 0 Å². The Balaban J connectivity index is 2.12. The zero-order valence-electron chi connectivity index (χ0n) is 9.19. The normalized spacial score (nSPS) is 31.8. The van der Waals surface area contributed by atoms with E-state index in [9.17, 15) is 0 Å². The molecule has 0 saturated carbocycles. The first-order valence-corrected chi connectivity index (χ1v) is 7.88. The molecule has 3 unspecified atom stereocenters. The van der Waals surface area contributed by atoms with Gasteiger partial charge in [0.25, 0.3) is 0 Å². The molecule has 1 aliphatic heterocycles. The summed E-state index contributed by atoms with van der Waals surface area (Å²) in [4.78, 5) is 5.61. The van der Waals surface area contributed by atoms with Crippen molar-refractivity contribution in [3.8, 4) is 0 Å². The van der Waals surface area contributed by atoms with Crippen LogP contribution in [0.2, 0.25) is 0 Å². The van der Waals surface area contributed by atoms with E-state index in [-0.39, 0.29) is 0 Å². The van der Waals surface area contributed by atoms with Crippen molar-refractivity contribution in [2.45, 2.75) is 36.5 Å². The summed E-state index contributed by atoms with van der Waals surface area (Å²) in [5.74, 6) is 1.88. The monoisotopic (exact) mass is 260 g/mol. The molecule has 1 saturated heterocycles. The highest BCUT2D eigenvalue weighted by Crippen LogP contribution is 2.45. The Morgan fingerprint density at radius 1 is 1.33 bits per heavy atom. The molecule has 0 amide bonds. The zero-order chi connectivity index (χ0) is 11.0. The van der Waals surface area contributed by atoms with Gasteiger partial charge in [0.15, 0.2) is 0 Å². The Morgan fingerprint density at radius 3 is 2.60 bits per heavy atom. The fourth-order valence-electron chi connectivity index (χ4n) is 1.48. The summed E-state index contributed by atoms with van der Waals surface area (Å²) < 4.78 is 0. The molecule has 2 rings (SSSR count). The second-order valence-corrected chi connectivity index (χ2v) is 8.09. The highest BCUT2D eigenvalue weighted by atomic mass is 32.2. The van der Waals surface area contributed by atoms with Crippen molar-refractivity contribution < 1.29 is 0 Å². The molecule has 0 aliphatic carbocycles. The van der Waals surface area contributed by atoms with E-state index < -0.39 is 0 Å². The third-order valence-corrected chi connectivity index (χ3v) is 7.32. The van der Waals surface area contributed by atoms with Gasteiger partial charge < -0.3 is 5.73 Å². The molecule has 2 heterocycles. The maximum atomic E-state index is 5.79. The van der Waals surface area contributed by atoms with E-state index in [0.717, 1.165) is 10.1 Å². The van der Waals surface area contributed by atoms with Gasteiger partial charge in [0.2, 0.25) is 0 Å². The first-order chi connectivity index (χ1) is 7.08. The minimum atomic E-state index is 0.544. The minimum absolute atomic E-state index is 0.544. The summed E-state index contributed by atoms with van der Waals surface area (Å²) >= 11 is 5.84. The maximum absolute atomic E-state index is 5.79. The van der Waals surface area contributed by atoms with Gasteiger partial charge in [-0.25, -0.2) is 4.98 Å². The van der Waals surface area contributed by atoms with Crippen LogP contribution in [0.4, 0.5) is 5.82 Å². The lowest BCUT2D eigenvalue weighted by Crippen LogP contribution is -2.21. The number of thioether (sulfide) groups is 2. The van der Waals surface area contributed by atoms with Crippen LogP contribution in [0.5, 0.6) is 0 Å². The predicted octanol–water partition coefficient (Wildman–Crippen LogP) is 3.33. The number of hydrogen-bond donors (Lipinski definition) is 1. The molecule has 0 bridgehead atoms. The van der Waals surface area contributed by atoms with E-state index in [2.05, 4.69) is 18.8 Å². The molecular formula is C10H16N2S3. The van der Waals surface area contributed by atoms with E-state index in [1.165, 1.54) is 10.8 Å². The molecular weight excluding hydrogens is 244 g/mol. The minimum Gasteiger partial charge on any atom is -0.383 e. The average Bonchev–Trinajstić information content (AvgIpc) is 2.52. The van der Waals surface area contributed by atoms with Crippen molar-refractivity contribution in [2.75, 3.05) is 11.5 Å². The molecule has 5 heteroatoms. The van der Waals surface area contributed by atoms with E-state index >= 15 is 0 Å². The summed E-state index contributed by atoms with van der Waals surface area (Å²) in [7, 11) is 0. The molecule has 1 aromatic rings. The lowest BCUT2D eigenvalue weighted by atomic mass is 10.4. The Hall–Kier alpha value is 0.130. The Bertz CT molecular complexity index is 331. The number of hydrogen-bond acceptors (Lipinski definition) is 5. The molecule has 2 nitrogen and oxygen atoms in total. The van der Waals surface area contributed by atoms with Gasteiger partial charge in [-0.3, -0.25) is 0 Å². The lowest BCUT2D eigenvalue weighted by molar-refractivity contribution is 0.891. The summed E-state index contributed by atoms with van der Waals surface area (Å²) in [6, 6.07) is 0. The van der Waals surface area contributed by atoms with Crippen LogP contribution in [0, 0.1) is 6.92 Å². The number of aryl methyl sites for hydroxylation is 1. The standard InChI is InChI=1S/C10H16N2S3/c1-5-6(2)14-8(4-13-5)10-12-9(11)7(3)15-10/h5-6,8H,4,11H2,1-3H3. The van der Waals surface area contributed by atoms with Crippen LogP contribution >= 0.6 is 34.9 Å². The number of thiazole rings is 1. The molecule has 0 radical (unpaired) electrons. The smallest absolute Gasteiger partial charge is 0.137 e. The largest absolute Gasteiger partial charge is 0.383 e. The van der Waals surface area contributed by atoms with Gasteiger partial charge in [0, 0.05) is 21.1 Å². The van der Waals surface area contributed by atoms with Crippen molar-refractivity contribution in [1.82, 2.24) is 4.98 Å². The third kappa shape index (κ3) is 2.45. The van der Waals surface area contributed by atoms with Crippen molar-refractivity contribution >= 4 is 40.7 Å². The molecule has 1 aliphatic rings. The van der Waals surface area contributed by atoms with Crippen LogP contribution in [0.3, 0.4) is 0 Å². The van der Waals surface area contributed by atoms with E-state index in [0.29, 0.717) is 16.3 Å². The molecule has 0 aromatic carbocycles. The second kappa shape index (κ2) is 4.55. The van der Waals surface area contributed by atoms with Gasteiger partial charge >= 0.3 is 0 Å². The summed E-state index contributed by atoms with van der Waals surface area (Å²) in [6.45, 7) is 6.65. The lowest BCUT2D eigenvalue weighted by Gasteiger charge is -2.29. The third-order valence-electron chi connectivity index (χ3n) is 2.67. The molecule has 0 spiro atoms. The fourth-order valence-corrected chi connectivity index (χ4v) is 5.51. The van der Waals surface area contributed by atoms with Crippen LogP contribution in [0.25, 0.3) is 0 Å². The van der Waals surface area contributed by atoms with E-state index in [1.54, 1.807) is 11.3 Å². The van der Waals surface area contributed by atoms with Crippen LogP contribution in [0.1, 0.15) is 29.0 Å². The number of nitrogens with zero attached hydrogens (tertiary/aromatic N) is 1. The molecule has 2 N–H and O–H groups in total. The average molecular weight is 260 g/mol. The molecule has 1 fully saturated rings. The topological polar surface area (TPSA) is 38.9 Å². The summed E-state index contributed by atoms with van der Waals surface area (Å²) in [5, 5.41) is 3.22. The van der Waals surface area contributed by atoms with Gasteiger partial charge in [-0.05, 0) is 6.92 Å². The number of nitrogens with two attached hydrogens (primary N) is 1. The highest BCUT2D eigenvalue weighted by Gasteiger charge is 2.28. The van der Waals surface area contributed by atoms with Gasteiger partial charge in [-0.2, -0.15) is 11.8 Å². The van der Waals surface area contributed by atoms with Crippen LogP contribution in [-0.2, 0) is 0 Å². The number of rotatable bonds is 1. The van der Waals surface area contributed by atoms with Crippen molar-refractivity contribution in [1.29, 1.82) is 0 Å². The Kier molecular flexibility index (Phi) is 3.52. The summed E-state index contributed by atoms with van der Waals surface area (Å²) in [6.07, 6.45) is 0. The van der Waals surface area contributed by atoms with E-state index in [4.69, 9.17) is 5.73 Å². The van der Waals surface area contributed by atoms with E-state index in [1.807, 2.05) is 30.4 Å². The first-order valence-electron chi connectivity index (χ1n) is 5.07. The van der Waals surface area contributed by atoms with Crippen LogP contribution in [-0.4, -0.2) is 21.2 Å². The predicted molar refractivity (Wildman–Crippen MR) is 73.0 cm³/mol. The van der Waals surface area contributed by atoms with Gasteiger partial charge in [0.05, 0.1) is 5.25 Å². The number of anilines is 1. The Morgan fingerprint density at radius 2 is 2.07 bits per heavy atom. The second-order valence-electron chi connectivity index (χ2n) is 3.86. The zero-order valence-corrected chi connectivity index (χ0v) is 11.6. The number of aromatic nitrogens is 1. The van der Waals surface area contributed by atoms with Gasteiger partial charge in [-0.1, -0.05) is 13.8 Å². The van der Waals surface area contributed by atoms with Gasteiger partial charge in [-0.15, -0.1) is 23.1 Å². The molecule has 1 aromatic heterocycles. The quantitative estimate of drug-likeness (QED) is 0.840. The SMILES string of the molecule is Cc1sc(C2CSC(C)C(C)S2)nc1N. The molecule has 84 valence electrons. The fraction of sp³-hybridized carbons (Fsp3) is 0.700. The highest BCUT2D eigenvalue weighted by molar-refractivity contribution is 8.07. The molecule has 3 atom stereocenters. The van der Waals surface area contributed by atoms with Gasteiger partial charge in [0.1, 0.15) is 10.8 Å². The number of nitrogen functional groups attached to an aromatic ring is 1. The maximum Gasteiger partial charge on any atom is 0.137 e. The van der Waals surface area contributed by atoms with Crippen molar-refractivity contribution in [2.24, 2.45) is 0 Å².